The third kappa shape index (κ3) is 5.10. The molecule has 0 aliphatic carbocycles. The van der Waals surface area contributed by atoms with E-state index in [4.69, 9.17) is 0 Å². The van der Waals surface area contributed by atoms with Crippen LogP contribution in [0.5, 0.6) is 0 Å². The molecular formula is C18H30N2O. The van der Waals surface area contributed by atoms with Gasteiger partial charge in [0.05, 0.1) is 6.10 Å². The minimum Gasteiger partial charge on any atom is -0.392 e. The van der Waals surface area contributed by atoms with Crippen LogP contribution >= 0.6 is 0 Å². The molecular weight excluding hydrogens is 260 g/mol. The van der Waals surface area contributed by atoms with Crippen LogP contribution in [0.1, 0.15) is 44.7 Å². The molecule has 1 aromatic carbocycles. The fraction of sp³-hybridized carbons (Fsp3) is 0.667. The number of rotatable bonds is 7. The third-order valence-electron chi connectivity index (χ3n) is 4.58. The van der Waals surface area contributed by atoms with Crippen LogP contribution in [0.2, 0.25) is 0 Å². The van der Waals surface area contributed by atoms with E-state index >= 15 is 0 Å². The lowest BCUT2D eigenvalue weighted by Gasteiger charge is -2.35. The predicted molar refractivity (Wildman–Crippen MR) is 88.3 cm³/mol. The van der Waals surface area contributed by atoms with E-state index in [-0.39, 0.29) is 6.10 Å². The summed E-state index contributed by atoms with van der Waals surface area (Å²) in [6.45, 7) is 8.41. The van der Waals surface area contributed by atoms with Crippen molar-refractivity contribution in [2.24, 2.45) is 5.92 Å². The van der Waals surface area contributed by atoms with Crippen molar-refractivity contribution in [3.05, 3.63) is 35.9 Å². The molecule has 0 radical (unpaired) electrons. The first-order valence-electron chi connectivity index (χ1n) is 8.39. The van der Waals surface area contributed by atoms with Crippen molar-refractivity contribution in [3.63, 3.8) is 0 Å². The molecule has 1 fully saturated rings. The van der Waals surface area contributed by atoms with Crippen molar-refractivity contribution in [2.75, 3.05) is 26.2 Å². The first kappa shape index (κ1) is 16.5. The minimum atomic E-state index is -0.155. The maximum Gasteiger partial charge on any atom is 0.0693 e. The summed E-state index contributed by atoms with van der Waals surface area (Å²) in [5, 5.41) is 13.7. The molecule has 0 saturated carbocycles. The lowest BCUT2D eigenvalue weighted by molar-refractivity contribution is 0.0277. The highest BCUT2D eigenvalue weighted by molar-refractivity contribution is 5.18. The van der Waals surface area contributed by atoms with Gasteiger partial charge in [0.15, 0.2) is 0 Å². The molecule has 1 aromatic rings. The van der Waals surface area contributed by atoms with Crippen LogP contribution in [0.25, 0.3) is 0 Å². The van der Waals surface area contributed by atoms with Crippen molar-refractivity contribution < 1.29 is 5.11 Å². The molecule has 3 atom stereocenters. The molecule has 0 aromatic heterocycles. The monoisotopic (exact) mass is 290 g/mol. The average Bonchev–Trinajstić information content (AvgIpc) is 2.51. The summed E-state index contributed by atoms with van der Waals surface area (Å²) in [7, 11) is 0. The van der Waals surface area contributed by atoms with Gasteiger partial charge in [-0.25, -0.2) is 0 Å². The van der Waals surface area contributed by atoms with Crippen molar-refractivity contribution in [3.8, 4) is 0 Å². The summed E-state index contributed by atoms with van der Waals surface area (Å²) >= 11 is 0. The van der Waals surface area contributed by atoms with Gasteiger partial charge in [0.25, 0.3) is 0 Å². The highest BCUT2D eigenvalue weighted by atomic mass is 16.3. The highest BCUT2D eigenvalue weighted by Crippen LogP contribution is 2.21. The van der Waals surface area contributed by atoms with Gasteiger partial charge in [-0.05, 0) is 43.8 Å². The zero-order valence-corrected chi connectivity index (χ0v) is 13.5. The van der Waals surface area contributed by atoms with Crippen molar-refractivity contribution >= 4 is 0 Å². The second kappa shape index (κ2) is 8.52. The van der Waals surface area contributed by atoms with Crippen LogP contribution in [0.4, 0.5) is 0 Å². The number of β-amino-alcohol motifs (C(OH)–C–C–N with tert-alkyl or cyclic N) is 1. The Bertz CT molecular complexity index is 395. The summed E-state index contributed by atoms with van der Waals surface area (Å²) in [5.74, 6) is 0.449. The van der Waals surface area contributed by atoms with E-state index in [1.54, 1.807) is 0 Å². The van der Waals surface area contributed by atoms with Crippen LogP contribution in [0.3, 0.4) is 0 Å². The Hall–Kier alpha value is -0.900. The Balaban J connectivity index is 1.87. The number of hydrogen-bond acceptors (Lipinski definition) is 3. The first-order valence-corrected chi connectivity index (χ1v) is 8.39. The van der Waals surface area contributed by atoms with Gasteiger partial charge >= 0.3 is 0 Å². The molecule has 2 N–H and O–H groups in total. The van der Waals surface area contributed by atoms with Crippen LogP contribution in [-0.2, 0) is 0 Å². The largest absolute Gasteiger partial charge is 0.392 e. The standard InChI is InChI=1S/C18H30N2O/c1-3-11-19-17(16-7-5-4-6-8-16)10-13-20-12-9-15(2)18(21)14-20/h4-8,15,17-19,21H,3,9-14H2,1-2H3. The van der Waals surface area contributed by atoms with Gasteiger partial charge in [0.2, 0.25) is 0 Å². The fourth-order valence-corrected chi connectivity index (χ4v) is 3.02. The molecule has 1 aliphatic heterocycles. The van der Waals surface area contributed by atoms with E-state index in [1.165, 1.54) is 5.56 Å². The molecule has 0 amide bonds. The number of nitrogens with zero attached hydrogens (tertiary/aromatic N) is 1. The highest BCUT2D eigenvalue weighted by Gasteiger charge is 2.24. The third-order valence-corrected chi connectivity index (χ3v) is 4.58. The zero-order valence-electron chi connectivity index (χ0n) is 13.5. The Morgan fingerprint density at radius 2 is 2.10 bits per heavy atom. The van der Waals surface area contributed by atoms with Crippen LogP contribution in [0, 0.1) is 5.92 Å². The Morgan fingerprint density at radius 1 is 1.33 bits per heavy atom. The minimum absolute atomic E-state index is 0.155. The lowest BCUT2D eigenvalue weighted by atomic mass is 9.95. The number of nitrogens with one attached hydrogen (secondary N) is 1. The smallest absolute Gasteiger partial charge is 0.0693 e. The number of likely N-dealkylation sites (tertiary alicyclic amines) is 1. The summed E-state index contributed by atoms with van der Waals surface area (Å²) in [4.78, 5) is 2.41. The number of benzene rings is 1. The molecule has 118 valence electrons. The van der Waals surface area contributed by atoms with Crippen molar-refractivity contribution in [1.29, 1.82) is 0 Å². The van der Waals surface area contributed by atoms with Gasteiger partial charge in [-0.1, -0.05) is 44.2 Å². The SMILES string of the molecule is CCCNC(CCN1CCC(C)C(O)C1)c1ccccc1. The molecule has 0 bridgehead atoms. The second-order valence-electron chi connectivity index (χ2n) is 6.34. The average molecular weight is 290 g/mol. The van der Waals surface area contributed by atoms with Gasteiger partial charge in [-0.15, -0.1) is 0 Å². The summed E-state index contributed by atoms with van der Waals surface area (Å²) in [6, 6.07) is 11.1. The number of aliphatic hydroxyl groups excluding tert-OH is 1. The molecule has 1 aliphatic rings. The molecule has 3 unspecified atom stereocenters. The van der Waals surface area contributed by atoms with E-state index < -0.39 is 0 Å². The molecule has 3 heteroatoms. The number of aliphatic hydroxyl groups is 1. The molecule has 1 saturated heterocycles. The quantitative estimate of drug-likeness (QED) is 0.810. The molecule has 21 heavy (non-hydrogen) atoms. The van der Waals surface area contributed by atoms with Gasteiger partial charge in [-0.2, -0.15) is 0 Å². The fourth-order valence-electron chi connectivity index (χ4n) is 3.02. The van der Waals surface area contributed by atoms with Gasteiger partial charge in [0.1, 0.15) is 0 Å². The summed E-state index contributed by atoms with van der Waals surface area (Å²) in [6.07, 6.45) is 3.21. The van der Waals surface area contributed by atoms with Gasteiger partial charge < -0.3 is 15.3 Å². The molecule has 2 rings (SSSR count). The topological polar surface area (TPSA) is 35.5 Å². The van der Waals surface area contributed by atoms with Crippen molar-refractivity contribution in [1.82, 2.24) is 10.2 Å². The van der Waals surface area contributed by atoms with Crippen LogP contribution < -0.4 is 5.32 Å². The van der Waals surface area contributed by atoms with Gasteiger partial charge in [0, 0.05) is 19.1 Å². The number of hydrogen-bond donors (Lipinski definition) is 2. The predicted octanol–water partition coefficient (Wildman–Crippen LogP) is 2.82. The molecule has 0 spiro atoms. The maximum atomic E-state index is 10.0. The number of piperidine rings is 1. The first-order chi connectivity index (χ1) is 10.2. The molecule has 3 nitrogen and oxygen atoms in total. The zero-order chi connectivity index (χ0) is 15.1. The summed E-state index contributed by atoms with van der Waals surface area (Å²) < 4.78 is 0. The van der Waals surface area contributed by atoms with E-state index in [1.807, 2.05) is 0 Å². The Kier molecular flexibility index (Phi) is 6.68. The second-order valence-corrected chi connectivity index (χ2v) is 6.34. The lowest BCUT2D eigenvalue weighted by Crippen LogP contribution is -2.43. The van der Waals surface area contributed by atoms with E-state index in [0.29, 0.717) is 12.0 Å². The van der Waals surface area contributed by atoms with Crippen LogP contribution in [0.15, 0.2) is 30.3 Å². The van der Waals surface area contributed by atoms with E-state index in [0.717, 1.165) is 45.4 Å². The van der Waals surface area contributed by atoms with Crippen LogP contribution in [-0.4, -0.2) is 42.3 Å². The summed E-state index contributed by atoms with van der Waals surface area (Å²) in [5.41, 5.74) is 1.37. The normalized spacial score (nSPS) is 24.9. The van der Waals surface area contributed by atoms with Gasteiger partial charge in [-0.3, -0.25) is 0 Å². The Morgan fingerprint density at radius 3 is 2.76 bits per heavy atom. The molecule has 1 heterocycles. The maximum absolute atomic E-state index is 10.0. The van der Waals surface area contributed by atoms with E-state index in [2.05, 4.69) is 54.4 Å². The Labute approximate surface area is 129 Å². The van der Waals surface area contributed by atoms with Crippen molar-refractivity contribution in [2.45, 2.75) is 45.3 Å². The van der Waals surface area contributed by atoms with E-state index in [9.17, 15) is 5.11 Å².